The standard InChI is InChI=1S/C16H18N2O2S/c1-11-3-2-8-18(10-11)16-17-15(20)14(21-16)9-12-4-6-13(19)7-5-12/h4-7,9,11,19H,2-3,8,10H2,1H3/b14-9-/t11-/m1/s1. The minimum atomic E-state index is -0.165. The third-order valence-electron chi connectivity index (χ3n) is 3.73. The van der Waals surface area contributed by atoms with Crippen LogP contribution in [0.3, 0.4) is 0 Å². The van der Waals surface area contributed by atoms with E-state index in [2.05, 4.69) is 16.8 Å². The van der Waals surface area contributed by atoms with Crippen molar-refractivity contribution in [2.24, 2.45) is 10.9 Å². The Labute approximate surface area is 128 Å². The number of likely N-dealkylation sites (tertiary alicyclic amines) is 1. The number of thioether (sulfide) groups is 1. The Morgan fingerprint density at radius 3 is 2.86 bits per heavy atom. The van der Waals surface area contributed by atoms with Gasteiger partial charge in [-0.2, -0.15) is 4.99 Å². The Kier molecular flexibility index (Phi) is 4.01. The molecule has 5 heteroatoms. The molecule has 0 unspecified atom stereocenters. The second-order valence-corrected chi connectivity index (χ2v) is 6.60. The molecule has 110 valence electrons. The summed E-state index contributed by atoms with van der Waals surface area (Å²) in [5, 5.41) is 10.1. The normalized spacial score (nSPS) is 24.5. The SMILES string of the molecule is C[C@@H]1CCCN(C2=NC(=O)/C(=C/c3ccc(O)cc3)S2)C1. The molecule has 3 rings (SSSR count). The summed E-state index contributed by atoms with van der Waals surface area (Å²) < 4.78 is 0. The molecule has 21 heavy (non-hydrogen) atoms. The number of amides is 1. The molecule has 2 heterocycles. The summed E-state index contributed by atoms with van der Waals surface area (Å²) in [6.07, 6.45) is 4.24. The molecule has 1 amide bonds. The van der Waals surface area contributed by atoms with Crippen LogP contribution in [0.4, 0.5) is 0 Å². The molecule has 0 bridgehead atoms. The van der Waals surface area contributed by atoms with Crippen molar-refractivity contribution in [1.29, 1.82) is 0 Å². The molecule has 0 aromatic heterocycles. The molecule has 2 aliphatic rings. The number of phenols is 1. The van der Waals surface area contributed by atoms with E-state index in [0.717, 1.165) is 30.2 Å². The van der Waals surface area contributed by atoms with Crippen LogP contribution < -0.4 is 0 Å². The van der Waals surface area contributed by atoms with Gasteiger partial charge in [0.2, 0.25) is 0 Å². The van der Waals surface area contributed by atoms with Crippen LogP contribution in [0.15, 0.2) is 34.2 Å². The highest BCUT2D eigenvalue weighted by molar-refractivity contribution is 8.18. The zero-order valence-electron chi connectivity index (χ0n) is 12.0. The van der Waals surface area contributed by atoms with Gasteiger partial charge in [0.1, 0.15) is 5.75 Å². The van der Waals surface area contributed by atoms with Gasteiger partial charge >= 0.3 is 0 Å². The number of benzene rings is 1. The summed E-state index contributed by atoms with van der Waals surface area (Å²) in [5.41, 5.74) is 0.895. The van der Waals surface area contributed by atoms with E-state index in [1.54, 1.807) is 24.3 Å². The molecular weight excluding hydrogens is 284 g/mol. The number of hydrogen-bond acceptors (Lipinski definition) is 4. The highest BCUT2D eigenvalue weighted by Gasteiger charge is 2.28. The first-order chi connectivity index (χ1) is 10.1. The van der Waals surface area contributed by atoms with Crippen LogP contribution in [0, 0.1) is 5.92 Å². The van der Waals surface area contributed by atoms with E-state index in [1.165, 1.54) is 18.2 Å². The van der Waals surface area contributed by atoms with Gasteiger partial charge < -0.3 is 10.0 Å². The number of rotatable bonds is 1. The maximum Gasteiger partial charge on any atom is 0.286 e. The smallest absolute Gasteiger partial charge is 0.286 e. The number of piperidine rings is 1. The quantitative estimate of drug-likeness (QED) is 0.810. The zero-order chi connectivity index (χ0) is 14.8. The summed E-state index contributed by atoms with van der Waals surface area (Å²) in [4.78, 5) is 19.1. The van der Waals surface area contributed by atoms with Crippen LogP contribution in [0.5, 0.6) is 5.75 Å². The van der Waals surface area contributed by atoms with Crippen LogP contribution in [-0.4, -0.2) is 34.2 Å². The second kappa shape index (κ2) is 5.93. The van der Waals surface area contributed by atoms with Gasteiger partial charge in [0.25, 0.3) is 5.91 Å². The van der Waals surface area contributed by atoms with Gasteiger partial charge in [-0.3, -0.25) is 4.79 Å². The summed E-state index contributed by atoms with van der Waals surface area (Å²) in [7, 11) is 0. The third kappa shape index (κ3) is 3.29. The molecule has 1 aromatic rings. The lowest BCUT2D eigenvalue weighted by atomic mass is 10.0. The molecule has 4 nitrogen and oxygen atoms in total. The van der Waals surface area contributed by atoms with Crippen molar-refractivity contribution in [1.82, 2.24) is 4.90 Å². The van der Waals surface area contributed by atoms with Gasteiger partial charge in [0.15, 0.2) is 5.17 Å². The number of hydrogen-bond donors (Lipinski definition) is 1. The van der Waals surface area contributed by atoms with Gasteiger partial charge in [-0.1, -0.05) is 19.1 Å². The fourth-order valence-electron chi connectivity index (χ4n) is 2.62. The lowest BCUT2D eigenvalue weighted by Crippen LogP contribution is -2.37. The van der Waals surface area contributed by atoms with Gasteiger partial charge in [-0.15, -0.1) is 0 Å². The number of aromatic hydroxyl groups is 1. The van der Waals surface area contributed by atoms with E-state index in [0.29, 0.717) is 10.8 Å². The van der Waals surface area contributed by atoms with Crippen LogP contribution in [0.25, 0.3) is 6.08 Å². The van der Waals surface area contributed by atoms with Crippen molar-refractivity contribution in [2.75, 3.05) is 13.1 Å². The topological polar surface area (TPSA) is 52.9 Å². The molecule has 1 fully saturated rings. The third-order valence-corrected chi connectivity index (χ3v) is 4.77. The van der Waals surface area contributed by atoms with Crippen molar-refractivity contribution < 1.29 is 9.90 Å². The van der Waals surface area contributed by atoms with E-state index in [1.807, 2.05) is 6.08 Å². The molecule has 1 aromatic carbocycles. The van der Waals surface area contributed by atoms with Gasteiger partial charge in [-0.05, 0) is 54.3 Å². The number of carbonyl (C=O) groups excluding carboxylic acids is 1. The Morgan fingerprint density at radius 2 is 2.14 bits per heavy atom. The Morgan fingerprint density at radius 1 is 1.38 bits per heavy atom. The Hall–Kier alpha value is -1.75. The minimum absolute atomic E-state index is 0.165. The molecule has 0 saturated carbocycles. The summed E-state index contributed by atoms with van der Waals surface area (Å²) in [6, 6.07) is 6.81. The molecular formula is C16H18N2O2S. The minimum Gasteiger partial charge on any atom is -0.508 e. The van der Waals surface area contributed by atoms with E-state index in [4.69, 9.17) is 0 Å². The largest absolute Gasteiger partial charge is 0.508 e. The van der Waals surface area contributed by atoms with E-state index < -0.39 is 0 Å². The maximum absolute atomic E-state index is 12.0. The molecule has 1 saturated heterocycles. The van der Waals surface area contributed by atoms with Crippen molar-refractivity contribution in [3.8, 4) is 5.75 Å². The van der Waals surface area contributed by atoms with E-state index in [-0.39, 0.29) is 11.7 Å². The number of amidine groups is 1. The summed E-state index contributed by atoms with van der Waals surface area (Å²) >= 11 is 1.45. The van der Waals surface area contributed by atoms with Crippen molar-refractivity contribution >= 4 is 28.9 Å². The first-order valence-corrected chi connectivity index (χ1v) is 8.00. The lowest BCUT2D eigenvalue weighted by Gasteiger charge is -2.31. The first kappa shape index (κ1) is 14.2. The monoisotopic (exact) mass is 302 g/mol. The number of nitrogens with zero attached hydrogens (tertiary/aromatic N) is 2. The number of aliphatic imine (C=N–C) groups is 1. The van der Waals surface area contributed by atoms with Crippen LogP contribution in [0.1, 0.15) is 25.3 Å². The van der Waals surface area contributed by atoms with Gasteiger partial charge in [-0.25, -0.2) is 0 Å². The molecule has 0 spiro atoms. The molecule has 2 aliphatic heterocycles. The average Bonchev–Trinajstić information content (AvgIpc) is 2.83. The fraction of sp³-hybridized carbons (Fsp3) is 0.375. The van der Waals surface area contributed by atoms with Crippen LogP contribution in [-0.2, 0) is 4.79 Å². The predicted octanol–water partition coefficient (Wildman–Crippen LogP) is 3.09. The Balaban J connectivity index is 1.73. The molecule has 1 N–H and O–H groups in total. The van der Waals surface area contributed by atoms with Crippen molar-refractivity contribution in [3.63, 3.8) is 0 Å². The van der Waals surface area contributed by atoms with Gasteiger partial charge in [0, 0.05) is 13.1 Å². The first-order valence-electron chi connectivity index (χ1n) is 7.18. The zero-order valence-corrected chi connectivity index (χ0v) is 12.8. The molecule has 1 atom stereocenters. The fourth-order valence-corrected chi connectivity index (χ4v) is 3.57. The summed E-state index contributed by atoms with van der Waals surface area (Å²) in [5.74, 6) is 0.713. The number of phenolic OH excluding ortho intramolecular Hbond substituents is 1. The average molecular weight is 302 g/mol. The van der Waals surface area contributed by atoms with Crippen molar-refractivity contribution in [2.45, 2.75) is 19.8 Å². The number of carbonyl (C=O) groups is 1. The maximum atomic E-state index is 12.0. The predicted molar refractivity (Wildman–Crippen MR) is 86.1 cm³/mol. The highest BCUT2D eigenvalue weighted by atomic mass is 32.2. The van der Waals surface area contributed by atoms with Crippen LogP contribution >= 0.6 is 11.8 Å². The highest BCUT2D eigenvalue weighted by Crippen LogP contribution is 2.32. The second-order valence-electron chi connectivity index (χ2n) is 5.60. The summed E-state index contributed by atoms with van der Waals surface area (Å²) in [6.45, 7) is 4.20. The lowest BCUT2D eigenvalue weighted by molar-refractivity contribution is -0.113. The van der Waals surface area contributed by atoms with Crippen molar-refractivity contribution in [3.05, 3.63) is 34.7 Å². The van der Waals surface area contributed by atoms with E-state index in [9.17, 15) is 9.90 Å². The van der Waals surface area contributed by atoms with Gasteiger partial charge in [0.05, 0.1) is 4.91 Å². The van der Waals surface area contributed by atoms with E-state index >= 15 is 0 Å². The molecule has 0 aliphatic carbocycles. The Bertz CT molecular complexity index is 607. The molecule has 0 radical (unpaired) electrons. The van der Waals surface area contributed by atoms with Crippen LogP contribution in [0.2, 0.25) is 0 Å².